The number of carbonyl (C=O) groups is 12. The third kappa shape index (κ3) is 28.0. The predicted octanol–water partition coefficient (Wildman–Crippen LogP) is 6.01. The number of thioether (sulfide) groups is 1. The second-order valence-electron chi connectivity index (χ2n) is 27.9. The Morgan fingerprint density at radius 2 is 1.31 bits per heavy atom. The lowest BCUT2D eigenvalue weighted by Crippen LogP contribution is -2.60. The van der Waals surface area contributed by atoms with Crippen LogP contribution in [0.2, 0.25) is 0 Å². The highest BCUT2D eigenvalue weighted by molar-refractivity contribution is 7.99. The van der Waals surface area contributed by atoms with Crippen molar-refractivity contribution in [3.63, 3.8) is 0 Å². The number of aliphatic hydroxyl groups excluding tert-OH is 1. The second-order valence-corrected chi connectivity index (χ2v) is 29.0. The second kappa shape index (κ2) is 44.4. The number of nitrogens with one attached hydrogen (secondary N) is 6. The van der Waals surface area contributed by atoms with Crippen LogP contribution in [-0.4, -0.2) is 217 Å². The summed E-state index contributed by atoms with van der Waals surface area (Å²) in [6.45, 7) is 24.9. The quantitative estimate of drug-likeness (QED) is 0.0163. The molecule has 2 aliphatic rings. The number of aliphatic hydroxyl groups is 1. The molecule has 105 heavy (non-hydrogen) atoms. The van der Waals surface area contributed by atoms with Crippen LogP contribution in [-0.2, 0) is 83.0 Å². The van der Waals surface area contributed by atoms with Crippen LogP contribution < -0.4 is 37.6 Å². The third-order valence-electron chi connectivity index (χ3n) is 19.0. The fraction of sp³-hybridized carbons (Fsp3) is 0.627. The van der Waals surface area contributed by atoms with Crippen molar-refractivity contribution in [3.05, 3.63) is 91.0 Å². The number of carbonyl (C=O) groups excluding carboxylic acids is 12. The van der Waals surface area contributed by atoms with E-state index in [1.165, 1.54) is 26.2 Å². The SMILES string of the molecule is C=CC(=O)O[C@@H]1C[C@H](OC(=O)C=C)C[C@H](OC(=O)CCSCC(=O)N[C@H](C(=O)N[C@@H](CCCNC(N)=O)C(=O)Nc2ccc(COC(=O)N(C)[C@H](C(=O)N[C@H](C(=O)N(C)[C@@H]([C@H](C)CC)[C@@H](CC(=O)N3CCC[C@H]3[C@H](OC)[C@@H](C)C(=O)N[C@H](C)[C@@H](O)c3ccccc3)OC)C(C)C)C(C)C)cc2)C(C)C)C1. The number of methoxy groups -OCH3 is 2. The van der Waals surface area contributed by atoms with Crippen LogP contribution in [0.25, 0.3) is 0 Å². The summed E-state index contributed by atoms with van der Waals surface area (Å²) in [7, 11) is 6.05. The van der Waals surface area contributed by atoms with Crippen molar-refractivity contribution in [2.45, 2.75) is 219 Å². The van der Waals surface area contributed by atoms with E-state index in [0.29, 0.717) is 42.6 Å². The van der Waals surface area contributed by atoms with Crippen molar-refractivity contribution in [3.8, 4) is 0 Å². The predicted molar refractivity (Wildman–Crippen MR) is 395 cm³/mol. The topological polar surface area (TPSA) is 388 Å². The fourth-order valence-electron chi connectivity index (χ4n) is 13.1. The Labute approximate surface area is 622 Å². The van der Waals surface area contributed by atoms with Crippen LogP contribution >= 0.6 is 11.8 Å². The Morgan fingerprint density at radius 3 is 1.86 bits per heavy atom. The number of rotatable bonds is 42. The molecule has 15 atom stereocenters. The number of benzene rings is 2. The zero-order valence-electron chi connectivity index (χ0n) is 63.4. The van der Waals surface area contributed by atoms with Crippen molar-refractivity contribution in [2.24, 2.45) is 35.3 Å². The van der Waals surface area contributed by atoms with Gasteiger partial charge in [0.2, 0.25) is 41.4 Å². The molecular weight excluding hydrogens is 1380 g/mol. The van der Waals surface area contributed by atoms with Crippen molar-refractivity contribution < 1.29 is 91.1 Å². The Balaban J connectivity index is 1.35. The maximum atomic E-state index is 14.9. The highest BCUT2D eigenvalue weighted by Gasteiger charge is 2.45. The monoisotopic (exact) mass is 1490 g/mol. The summed E-state index contributed by atoms with van der Waals surface area (Å²) in [6.07, 6.45) is -0.947. The molecule has 2 aromatic rings. The van der Waals surface area contributed by atoms with Gasteiger partial charge in [-0.1, -0.05) is 124 Å². The van der Waals surface area contributed by atoms with Crippen LogP contribution in [0.3, 0.4) is 0 Å². The fourth-order valence-corrected chi connectivity index (χ4v) is 13.8. The minimum Gasteiger partial charge on any atom is -0.462 e. The lowest BCUT2D eigenvalue weighted by atomic mass is 9.89. The number of primary amides is 1. The Morgan fingerprint density at radius 1 is 0.714 bits per heavy atom. The number of nitrogens with zero attached hydrogens (tertiary/aromatic N) is 3. The molecule has 9 N–H and O–H groups in total. The zero-order valence-corrected chi connectivity index (χ0v) is 64.2. The molecule has 1 heterocycles. The van der Waals surface area contributed by atoms with E-state index >= 15 is 0 Å². The van der Waals surface area contributed by atoms with Gasteiger partial charge in [-0.05, 0) is 79.5 Å². The van der Waals surface area contributed by atoms with E-state index < -0.39 is 162 Å². The molecule has 0 bridgehead atoms. The first-order valence-electron chi connectivity index (χ1n) is 36.0. The summed E-state index contributed by atoms with van der Waals surface area (Å²) in [4.78, 5) is 165. The number of hydrogen-bond acceptors (Lipinski definition) is 20. The van der Waals surface area contributed by atoms with Crippen molar-refractivity contribution in [1.82, 2.24) is 41.3 Å². The van der Waals surface area contributed by atoms with Gasteiger partial charge in [0.05, 0.1) is 60.9 Å². The number of anilines is 1. The van der Waals surface area contributed by atoms with Gasteiger partial charge in [-0.15, -0.1) is 0 Å². The lowest BCUT2D eigenvalue weighted by molar-refractivity contribution is -0.165. The summed E-state index contributed by atoms with van der Waals surface area (Å²) in [6, 6.07) is 8.40. The van der Waals surface area contributed by atoms with Gasteiger partial charge in [0.1, 0.15) is 49.1 Å². The molecule has 0 spiro atoms. The molecular formula is C75H114N10O19S. The van der Waals surface area contributed by atoms with E-state index in [-0.39, 0.29) is 87.3 Å². The molecule has 2 fully saturated rings. The minimum atomic E-state index is -1.17. The average Bonchev–Trinajstić information content (AvgIpc) is 1.67. The van der Waals surface area contributed by atoms with Crippen molar-refractivity contribution in [2.75, 3.05) is 58.2 Å². The molecule has 30 heteroatoms. The van der Waals surface area contributed by atoms with Gasteiger partial charge in [0.15, 0.2) is 0 Å². The smallest absolute Gasteiger partial charge is 0.410 e. The summed E-state index contributed by atoms with van der Waals surface area (Å²) >= 11 is 1.11. The molecule has 1 saturated carbocycles. The first kappa shape index (κ1) is 88.8. The van der Waals surface area contributed by atoms with E-state index in [9.17, 15) is 62.6 Å². The maximum Gasteiger partial charge on any atom is 0.410 e. The summed E-state index contributed by atoms with van der Waals surface area (Å²) in [5.74, 6) is -7.62. The highest BCUT2D eigenvalue weighted by atomic mass is 32.2. The molecule has 0 aromatic heterocycles. The zero-order chi connectivity index (χ0) is 78.4. The number of likely N-dealkylation sites (tertiary alicyclic amines) is 1. The molecule has 10 amide bonds. The molecule has 4 rings (SSSR count). The van der Waals surface area contributed by atoms with E-state index in [1.807, 2.05) is 32.0 Å². The van der Waals surface area contributed by atoms with Crippen molar-refractivity contribution in [1.29, 1.82) is 0 Å². The number of urea groups is 1. The Hall–Kier alpha value is -8.61. The van der Waals surface area contributed by atoms with Crippen LogP contribution in [0.1, 0.15) is 151 Å². The van der Waals surface area contributed by atoms with Gasteiger partial charge in [-0.25, -0.2) is 19.2 Å². The number of hydrogen-bond donors (Lipinski definition) is 8. The molecule has 1 saturated heterocycles. The summed E-state index contributed by atoms with van der Waals surface area (Å²) < 4.78 is 34.1. The largest absolute Gasteiger partial charge is 0.462 e. The minimum absolute atomic E-state index is 0.0390. The highest BCUT2D eigenvalue weighted by Crippen LogP contribution is 2.32. The maximum absolute atomic E-state index is 14.9. The average molecular weight is 1490 g/mol. The van der Waals surface area contributed by atoms with Crippen LogP contribution in [0.4, 0.5) is 15.3 Å². The molecule has 0 radical (unpaired) electrons. The van der Waals surface area contributed by atoms with Gasteiger partial charge in [0.25, 0.3) is 0 Å². The Bertz CT molecular complexity index is 3200. The summed E-state index contributed by atoms with van der Waals surface area (Å²) in [5, 5.41) is 27.5. The number of amides is 10. The van der Waals surface area contributed by atoms with Gasteiger partial charge in [-0.2, -0.15) is 11.8 Å². The third-order valence-corrected chi connectivity index (χ3v) is 19.9. The van der Waals surface area contributed by atoms with Gasteiger partial charge >= 0.3 is 30.0 Å². The van der Waals surface area contributed by atoms with E-state index in [2.05, 4.69) is 45.1 Å². The molecule has 2 aromatic carbocycles. The first-order valence-corrected chi connectivity index (χ1v) is 37.2. The van der Waals surface area contributed by atoms with E-state index in [1.54, 1.807) is 104 Å². The number of nitrogens with two attached hydrogens (primary N) is 1. The lowest BCUT2D eigenvalue weighted by Gasteiger charge is -2.41. The number of esters is 3. The first-order chi connectivity index (χ1) is 49.7. The standard InChI is InChI=1S/C75H114N10O19S/c1-17-46(10)66(57(99-15)40-59(87)85-35-24-28-56(85)68(100-16)47(11)69(92)78-48(12)67(91)50-25-21-20-22-26-50)83(13)73(96)64(44(6)7)82-72(95)65(45(8)9)84(14)75(98)101-41-49-29-31-51(32-30-49)79-70(93)55(27-23-34-77-74(76)97)80-71(94)63(43(4)5)81-58(86)42-105-36-33-62(90)104-54-38-52(102-60(88)18-2)37-53(39-54)103-61(89)19-3/h18-22,25-26,29-32,43-48,52-57,63-68,91H,2-3,17,23-24,27-28,33-42H2,1,4-16H3,(H,78,92)(H,79,93)(H,80,94)(H,81,86)(H,82,95)(H3,76,77,97)/t46-,47-,48-,52-,53+,54-,55+,56+,57-,63+,64+,65+,66+,67-,68-/m1/s1. The Kier molecular flexibility index (Phi) is 37.5. The van der Waals surface area contributed by atoms with Gasteiger partial charge in [-0.3, -0.25) is 43.3 Å². The number of likely N-dealkylation sites (N-methyl/N-ethyl adjacent to an activating group) is 2. The molecule has 1 aliphatic carbocycles. The number of ether oxygens (including phenoxy) is 6. The molecule has 0 unspecified atom stereocenters. The molecule has 1 aliphatic heterocycles. The van der Waals surface area contributed by atoms with E-state index in [0.717, 1.165) is 28.8 Å². The molecule has 584 valence electrons. The van der Waals surface area contributed by atoms with Crippen LogP contribution in [0.5, 0.6) is 0 Å². The summed E-state index contributed by atoms with van der Waals surface area (Å²) in [5.41, 5.74) is 6.73. The molecule has 29 nitrogen and oxygen atoms in total. The van der Waals surface area contributed by atoms with Gasteiger partial charge < -0.3 is 81.0 Å². The normalized spacial score (nSPS) is 18.9. The van der Waals surface area contributed by atoms with Crippen LogP contribution in [0, 0.1) is 29.6 Å². The van der Waals surface area contributed by atoms with E-state index in [4.69, 9.17) is 34.2 Å². The van der Waals surface area contributed by atoms with Crippen LogP contribution in [0.15, 0.2) is 79.9 Å². The van der Waals surface area contributed by atoms with Gasteiger partial charge in [0, 0.05) is 84.3 Å². The van der Waals surface area contributed by atoms with Crippen molar-refractivity contribution >= 4 is 88.8 Å².